The van der Waals surface area contributed by atoms with Crippen LogP contribution in [0.4, 0.5) is 11.5 Å². The van der Waals surface area contributed by atoms with Crippen LogP contribution in [0.3, 0.4) is 0 Å². The Bertz CT molecular complexity index is 1160. The predicted molar refractivity (Wildman–Crippen MR) is 118 cm³/mol. The summed E-state index contributed by atoms with van der Waals surface area (Å²) < 4.78 is 5.46. The van der Waals surface area contributed by atoms with E-state index in [4.69, 9.17) is 9.72 Å². The summed E-state index contributed by atoms with van der Waals surface area (Å²) in [5.74, 6) is 0.317. The third-order valence-electron chi connectivity index (χ3n) is 4.98. The van der Waals surface area contributed by atoms with Crippen LogP contribution in [0.1, 0.15) is 11.1 Å². The zero-order chi connectivity index (χ0) is 20.9. The molecule has 0 aliphatic carbocycles. The molecule has 0 unspecified atom stereocenters. The normalized spacial score (nSPS) is 14.4. The van der Waals surface area contributed by atoms with Crippen LogP contribution in [-0.4, -0.2) is 37.2 Å². The molecule has 0 atom stereocenters. The fourth-order valence-corrected chi connectivity index (χ4v) is 3.48. The van der Waals surface area contributed by atoms with Crippen LogP contribution in [0.15, 0.2) is 60.2 Å². The number of aromatic nitrogens is 1. The summed E-state index contributed by atoms with van der Waals surface area (Å²) in [5, 5.41) is 13.4. The molecule has 1 aliphatic heterocycles. The van der Waals surface area contributed by atoms with E-state index in [1.54, 1.807) is 12.1 Å². The molecule has 1 aliphatic rings. The van der Waals surface area contributed by atoms with E-state index in [0.29, 0.717) is 32.0 Å². The topological polar surface area (TPSA) is 78.2 Å². The Labute approximate surface area is 175 Å². The van der Waals surface area contributed by atoms with Crippen LogP contribution in [0.2, 0.25) is 0 Å². The van der Waals surface area contributed by atoms with Gasteiger partial charge in [-0.1, -0.05) is 30.3 Å². The lowest BCUT2D eigenvalue weighted by molar-refractivity contribution is -0.112. The first kappa shape index (κ1) is 19.6. The molecule has 1 amide bonds. The van der Waals surface area contributed by atoms with Crippen molar-refractivity contribution >= 4 is 34.4 Å². The average molecular weight is 398 g/mol. The SMILES string of the molecule is Cc1cccc(NC(=O)/C(C#N)=C\c2cc3ccccc3nc2N2CCOCC2)c1. The van der Waals surface area contributed by atoms with E-state index in [1.165, 1.54) is 0 Å². The Morgan fingerprint density at radius 2 is 1.97 bits per heavy atom. The number of nitrogens with one attached hydrogen (secondary N) is 1. The molecule has 150 valence electrons. The Morgan fingerprint density at radius 1 is 1.17 bits per heavy atom. The molecule has 4 rings (SSSR count). The van der Waals surface area contributed by atoms with Gasteiger partial charge < -0.3 is 15.0 Å². The molecule has 30 heavy (non-hydrogen) atoms. The quantitative estimate of drug-likeness (QED) is 0.532. The van der Waals surface area contributed by atoms with E-state index < -0.39 is 5.91 Å². The van der Waals surface area contributed by atoms with Crippen molar-refractivity contribution in [2.75, 3.05) is 36.5 Å². The van der Waals surface area contributed by atoms with Gasteiger partial charge in [-0.15, -0.1) is 0 Å². The number of hydrogen-bond donors (Lipinski definition) is 1. The molecule has 1 N–H and O–H groups in total. The second-order valence-electron chi connectivity index (χ2n) is 7.19. The molecule has 2 aromatic carbocycles. The fourth-order valence-electron chi connectivity index (χ4n) is 3.48. The number of anilines is 2. The van der Waals surface area contributed by atoms with Gasteiger partial charge in [0.25, 0.3) is 5.91 Å². The molecule has 6 nitrogen and oxygen atoms in total. The van der Waals surface area contributed by atoms with E-state index >= 15 is 0 Å². The van der Waals surface area contributed by atoms with E-state index in [1.807, 2.05) is 61.5 Å². The molecule has 1 aromatic heterocycles. The predicted octanol–water partition coefficient (Wildman–Crippen LogP) is 3.93. The van der Waals surface area contributed by atoms with E-state index in [0.717, 1.165) is 27.8 Å². The number of aryl methyl sites for hydroxylation is 1. The lowest BCUT2D eigenvalue weighted by atomic mass is 10.1. The maximum absolute atomic E-state index is 12.8. The van der Waals surface area contributed by atoms with E-state index in [9.17, 15) is 10.1 Å². The average Bonchev–Trinajstić information content (AvgIpc) is 2.77. The van der Waals surface area contributed by atoms with Gasteiger partial charge in [-0.25, -0.2) is 4.98 Å². The van der Waals surface area contributed by atoms with Gasteiger partial charge in [0.15, 0.2) is 0 Å². The standard InChI is InChI=1S/C24H22N4O2/c1-17-5-4-7-21(13-17)26-24(29)20(16-25)15-19-14-18-6-2-3-8-22(18)27-23(19)28-9-11-30-12-10-28/h2-8,13-15H,9-12H2,1H3,(H,26,29)/b20-15-. The van der Waals surface area contributed by atoms with Gasteiger partial charge in [0.05, 0.1) is 18.7 Å². The minimum atomic E-state index is -0.441. The fraction of sp³-hybridized carbons (Fsp3) is 0.208. The van der Waals surface area contributed by atoms with Crippen LogP contribution < -0.4 is 10.2 Å². The molecule has 0 bridgehead atoms. The number of carbonyl (C=O) groups is 1. The van der Waals surface area contributed by atoms with Crippen LogP contribution >= 0.6 is 0 Å². The molecule has 0 spiro atoms. The van der Waals surface area contributed by atoms with Crippen molar-refractivity contribution in [2.24, 2.45) is 0 Å². The summed E-state index contributed by atoms with van der Waals surface area (Å²) in [6.45, 7) is 4.62. The monoisotopic (exact) mass is 398 g/mol. The highest BCUT2D eigenvalue weighted by molar-refractivity contribution is 6.10. The largest absolute Gasteiger partial charge is 0.378 e. The Morgan fingerprint density at radius 3 is 2.73 bits per heavy atom. The summed E-state index contributed by atoms with van der Waals surface area (Å²) in [4.78, 5) is 19.7. The summed E-state index contributed by atoms with van der Waals surface area (Å²) in [7, 11) is 0. The first-order valence-corrected chi connectivity index (χ1v) is 9.86. The number of pyridine rings is 1. The number of hydrogen-bond acceptors (Lipinski definition) is 5. The minimum Gasteiger partial charge on any atom is -0.378 e. The maximum Gasteiger partial charge on any atom is 0.266 e. The van der Waals surface area contributed by atoms with E-state index in [2.05, 4.69) is 10.2 Å². The van der Waals surface area contributed by atoms with Crippen molar-refractivity contribution in [3.8, 4) is 6.07 Å². The van der Waals surface area contributed by atoms with Crippen molar-refractivity contribution in [3.05, 3.63) is 71.3 Å². The molecular formula is C24H22N4O2. The Kier molecular flexibility index (Phi) is 5.73. The first-order valence-electron chi connectivity index (χ1n) is 9.86. The highest BCUT2D eigenvalue weighted by atomic mass is 16.5. The lowest BCUT2D eigenvalue weighted by Crippen LogP contribution is -2.37. The third kappa shape index (κ3) is 4.32. The van der Waals surface area contributed by atoms with Gasteiger partial charge in [-0.2, -0.15) is 5.26 Å². The van der Waals surface area contributed by atoms with E-state index in [-0.39, 0.29) is 5.57 Å². The second-order valence-corrected chi connectivity index (χ2v) is 7.19. The van der Waals surface area contributed by atoms with Gasteiger partial charge >= 0.3 is 0 Å². The van der Waals surface area contributed by atoms with Crippen LogP contribution in [-0.2, 0) is 9.53 Å². The number of carbonyl (C=O) groups excluding carboxylic acids is 1. The molecular weight excluding hydrogens is 376 g/mol. The third-order valence-corrected chi connectivity index (χ3v) is 4.98. The van der Waals surface area contributed by atoms with Gasteiger partial charge in [-0.3, -0.25) is 4.79 Å². The van der Waals surface area contributed by atoms with Crippen molar-refractivity contribution in [2.45, 2.75) is 6.92 Å². The molecule has 0 radical (unpaired) electrons. The zero-order valence-electron chi connectivity index (χ0n) is 16.8. The number of ether oxygens (including phenoxy) is 1. The first-order chi connectivity index (χ1) is 14.6. The smallest absolute Gasteiger partial charge is 0.266 e. The van der Waals surface area contributed by atoms with Gasteiger partial charge in [0, 0.05) is 29.7 Å². The van der Waals surface area contributed by atoms with Gasteiger partial charge in [0.1, 0.15) is 17.5 Å². The number of benzene rings is 2. The molecule has 3 aromatic rings. The highest BCUT2D eigenvalue weighted by Gasteiger charge is 2.18. The number of para-hydroxylation sites is 1. The number of rotatable bonds is 4. The lowest BCUT2D eigenvalue weighted by Gasteiger charge is -2.29. The van der Waals surface area contributed by atoms with Crippen LogP contribution in [0.5, 0.6) is 0 Å². The van der Waals surface area contributed by atoms with Crippen molar-refractivity contribution in [1.82, 2.24) is 4.98 Å². The van der Waals surface area contributed by atoms with Crippen molar-refractivity contribution in [3.63, 3.8) is 0 Å². The van der Waals surface area contributed by atoms with Gasteiger partial charge in [0.2, 0.25) is 0 Å². The second kappa shape index (κ2) is 8.76. The zero-order valence-corrected chi connectivity index (χ0v) is 16.8. The Balaban J connectivity index is 1.72. The molecule has 6 heteroatoms. The van der Waals surface area contributed by atoms with Crippen LogP contribution in [0, 0.1) is 18.3 Å². The highest BCUT2D eigenvalue weighted by Crippen LogP contribution is 2.27. The molecule has 1 fully saturated rings. The Hall–Kier alpha value is -3.69. The number of morpholine rings is 1. The maximum atomic E-state index is 12.8. The van der Waals surface area contributed by atoms with Gasteiger partial charge in [-0.05, 0) is 42.8 Å². The summed E-state index contributed by atoms with van der Waals surface area (Å²) in [6.07, 6.45) is 1.62. The molecule has 0 saturated carbocycles. The molecule has 2 heterocycles. The van der Waals surface area contributed by atoms with Crippen LogP contribution in [0.25, 0.3) is 17.0 Å². The number of nitrogens with zero attached hydrogens (tertiary/aromatic N) is 3. The number of nitriles is 1. The molecule has 1 saturated heterocycles. The minimum absolute atomic E-state index is 0.0306. The van der Waals surface area contributed by atoms with Crippen molar-refractivity contribution in [1.29, 1.82) is 5.26 Å². The number of fused-ring (bicyclic) bond motifs is 1. The number of amides is 1. The summed E-state index contributed by atoms with van der Waals surface area (Å²) in [5.41, 5.74) is 3.34. The summed E-state index contributed by atoms with van der Waals surface area (Å²) in [6, 6.07) is 19.3. The summed E-state index contributed by atoms with van der Waals surface area (Å²) >= 11 is 0. The van der Waals surface area contributed by atoms with Crippen molar-refractivity contribution < 1.29 is 9.53 Å².